The van der Waals surface area contributed by atoms with Gasteiger partial charge in [-0.1, -0.05) is 0 Å². The Balaban J connectivity index is 2.25. The fourth-order valence-electron chi connectivity index (χ4n) is 1.99. The zero-order valence-corrected chi connectivity index (χ0v) is 12.7. The Kier molecular flexibility index (Phi) is 5.50. The van der Waals surface area contributed by atoms with Gasteiger partial charge in [-0.15, -0.1) is 0 Å². The number of methoxy groups -OCH3 is 1. The van der Waals surface area contributed by atoms with E-state index < -0.39 is 11.6 Å². The van der Waals surface area contributed by atoms with Gasteiger partial charge in [0.1, 0.15) is 35.0 Å². The van der Waals surface area contributed by atoms with Crippen molar-refractivity contribution in [3.8, 4) is 23.3 Å². The van der Waals surface area contributed by atoms with Crippen molar-refractivity contribution in [2.24, 2.45) is 0 Å². The van der Waals surface area contributed by atoms with E-state index in [9.17, 15) is 8.78 Å². The molecular formula is C17H15F2NO3. The Labute approximate surface area is 132 Å². The molecule has 0 spiro atoms. The Hall–Kier alpha value is -2.65. The van der Waals surface area contributed by atoms with Gasteiger partial charge < -0.3 is 14.2 Å². The van der Waals surface area contributed by atoms with E-state index in [-0.39, 0.29) is 17.6 Å². The van der Waals surface area contributed by atoms with E-state index in [0.29, 0.717) is 17.9 Å². The van der Waals surface area contributed by atoms with Crippen molar-refractivity contribution < 1.29 is 23.0 Å². The van der Waals surface area contributed by atoms with Crippen LogP contribution in [0.5, 0.6) is 17.2 Å². The fourth-order valence-corrected chi connectivity index (χ4v) is 1.99. The van der Waals surface area contributed by atoms with Gasteiger partial charge in [0.15, 0.2) is 0 Å². The number of rotatable bonds is 6. The molecule has 0 aromatic heterocycles. The molecule has 0 aliphatic carbocycles. The molecule has 0 amide bonds. The van der Waals surface area contributed by atoms with Crippen LogP contribution in [0.4, 0.5) is 8.78 Å². The van der Waals surface area contributed by atoms with Crippen LogP contribution in [0.3, 0.4) is 0 Å². The lowest BCUT2D eigenvalue weighted by molar-refractivity contribution is 0.0919. The molecule has 0 bridgehead atoms. The number of halogens is 2. The molecule has 0 N–H and O–H groups in total. The fraction of sp³-hybridized carbons (Fsp3) is 0.235. The van der Waals surface area contributed by atoms with Gasteiger partial charge in [-0.25, -0.2) is 8.78 Å². The van der Waals surface area contributed by atoms with Crippen molar-refractivity contribution in [2.75, 3.05) is 13.7 Å². The summed E-state index contributed by atoms with van der Waals surface area (Å²) >= 11 is 0. The molecule has 2 rings (SSSR count). The van der Waals surface area contributed by atoms with Crippen molar-refractivity contribution in [3.05, 3.63) is 53.6 Å². The van der Waals surface area contributed by atoms with Crippen molar-refractivity contribution in [1.82, 2.24) is 0 Å². The van der Waals surface area contributed by atoms with Gasteiger partial charge >= 0.3 is 0 Å². The van der Waals surface area contributed by atoms with Gasteiger partial charge in [0.05, 0.1) is 18.2 Å². The molecule has 4 nitrogen and oxygen atoms in total. The maximum absolute atomic E-state index is 13.2. The minimum atomic E-state index is -0.748. The Morgan fingerprint density at radius 3 is 2.22 bits per heavy atom. The maximum Gasteiger partial charge on any atom is 0.133 e. The Morgan fingerprint density at radius 2 is 1.61 bits per heavy atom. The van der Waals surface area contributed by atoms with Gasteiger partial charge in [0, 0.05) is 31.4 Å². The lowest BCUT2D eigenvalue weighted by Gasteiger charge is -2.15. The summed E-state index contributed by atoms with van der Waals surface area (Å²) in [6, 6.07) is 9.37. The lowest BCUT2D eigenvalue weighted by atomic mass is 10.2. The van der Waals surface area contributed by atoms with Crippen LogP contribution in [0.2, 0.25) is 0 Å². The van der Waals surface area contributed by atoms with Crippen molar-refractivity contribution in [2.45, 2.75) is 13.0 Å². The highest BCUT2D eigenvalue weighted by Gasteiger charge is 2.09. The maximum atomic E-state index is 13.2. The molecule has 2 aromatic carbocycles. The van der Waals surface area contributed by atoms with Gasteiger partial charge in [0.25, 0.3) is 0 Å². The number of hydrogen-bond acceptors (Lipinski definition) is 4. The van der Waals surface area contributed by atoms with Gasteiger partial charge in [-0.05, 0) is 19.1 Å². The number of hydrogen-bond donors (Lipinski definition) is 0. The van der Waals surface area contributed by atoms with E-state index in [4.69, 9.17) is 19.5 Å². The molecule has 1 atom stereocenters. The highest BCUT2D eigenvalue weighted by atomic mass is 19.1. The molecule has 1 unspecified atom stereocenters. The zero-order chi connectivity index (χ0) is 16.8. The quantitative estimate of drug-likeness (QED) is 0.806. The van der Waals surface area contributed by atoms with E-state index in [0.717, 1.165) is 18.2 Å². The molecule has 0 fully saturated rings. The first-order valence-electron chi connectivity index (χ1n) is 6.85. The molecular weight excluding hydrogens is 304 g/mol. The third-order valence-corrected chi connectivity index (χ3v) is 2.82. The SMILES string of the molecule is COCC(C)Oc1cc(C#N)cc(Oc2cc(F)cc(F)c2)c1. The first-order chi connectivity index (χ1) is 11.0. The first-order valence-corrected chi connectivity index (χ1v) is 6.85. The van der Waals surface area contributed by atoms with Gasteiger partial charge in [0.2, 0.25) is 0 Å². The summed E-state index contributed by atoms with van der Waals surface area (Å²) < 4.78 is 42.4. The summed E-state index contributed by atoms with van der Waals surface area (Å²) in [5.41, 5.74) is 0.305. The van der Waals surface area contributed by atoms with Crippen LogP contribution in [0.25, 0.3) is 0 Å². The number of nitrogens with zero attached hydrogens (tertiary/aromatic N) is 1. The third-order valence-electron chi connectivity index (χ3n) is 2.82. The molecule has 0 saturated carbocycles. The Morgan fingerprint density at radius 1 is 1.00 bits per heavy atom. The summed E-state index contributed by atoms with van der Waals surface area (Å²) in [5, 5.41) is 9.07. The van der Waals surface area contributed by atoms with Crippen LogP contribution in [0, 0.1) is 23.0 Å². The molecule has 0 saturated heterocycles. The van der Waals surface area contributed by atoms with E-state index in [1.807, 2.05) is 13.0 Å². The average Bonchev–Trinajstić information content (AvgIpc) is 2.45. The normalized spacial score (nSPS) is 11.6. The first kappa shape index (κ1) is 16.7. The number of benzene rings is 2. The van der Waals surface area contributed by atoms with E-state index in [2.05, 4.69) is 0 Å². The molecule has 120 valence electrons. The highest BCUT2D eigenvalue weighted by Crippen LogP contribution is 2.28. The third kappa shape index (κ3) is 4.94. The number of ether oxygens (including phenoxy) is 3. The van der Waals surface area contributed by atoms with Crippen LogP contribution >= 0.6 is 0 Å². The largest absolute Gasteiger partial charge is 0.488 e. The second-order valence-corrected chi connectivity index (χ2v) is 4.90. The second kappa shape index (κ2) is 7.56. The number of nitriles is 1. The minimum Gasteiger partial charge on any atom is -0.488 e. The average molecular weight is 319 g/mol. The predicted molar refractivity (Wildman–Crippen MR) is 79.6 cm³/mol. The molecule has 0 radical (unpaired) electrons. The van der Waals surface area contributed by atoms with Crippen LogP contribution in [-0.2, 0) is 4.74 Å². The summed E-state index contributed by atoms with van der Waals surface area (Å²) in [4.78, 5) is 0. The molecule has 0 aliphatic rings. The van der Waals surface area contributed by atoms with E-state index >= 15 is 0 Å². The standard InChI is InChI=1S/C17H15F2NO3/c1-11(10-21-2)22-15-3-12(9-20)4-16(8-15)23-17-6-13(18)5-14(19)7-17/h3-8,11H,10H2,1-2H3. The predicted octanol–water partition coefficient (Wildman–Crippen LogP) is 4.04. The van der Waals surface area contributed by atoms with Crippen LogP contribution in [0.15, 0.2) is 36.4 Å². The van der Waals surface area contributed by atoms with Crippen LogP contribution in [-0.4, -0.2) is 19.8 Å². The summed E-state index contributed by atoms with van der Waals surface area (Å²) in [6.45, 7) is 2.19. The summed E-state index contributed by atoms with van der Waals surface area (Å²) in [6.07, 6.45) is -0.228. The summed E-state index contributed by atoms with van der Waals surface area (Å²) in [5.74, 6) is -0.856. The summed E-state index contributed by atoms with van der Waals surface area (Å²) in [7, 11) is 1.55. The molecule has 2 aromatic rings. The van der Waals surface area contributed by atoms with Crippen molar-refractivity contribution >= 4 is 0 Å². The van der Waals surface area contributed by atoms with Gasteiger partial charge in [-0.3, -0.25) is 0 Å². The molecule has 0 aliphatic heterocycles. The monoisotopic (exact) mass is 319 g/mol. The van der Waals surface area contributed by atoms with Gasteiger partial charge in [-0.2, -0.15) is 5.26 Å². The Bertz CT molecular complexity index is 708. The molecule has 23 heavy (non-hydrogen) atoms. The van der Waals surface area contributed by atoms with Crippen LogP contribution in [0.1, 0.15) is 12.5 Å². The topological polar surface area (TPSA) is 51.5 Å². The molecule has 6 heteroatoms. The van der Waals surface area contributed by atoms with Crippen molar-refractivity contribution in [3.63, 3.8) is 0 Å². The smallest absolute Gasteiger partial charge is 0.133 e. The van der Waals surface area contributed by atoms with E-state index in [1.165, 1.54) is 12.1 Å². The zero-order valence-electron chi connectivity index (χ0n) is 12.7. The van der Waals surface area contributed by atoms with Crippen molar-refractivity contribution in [1.29, 1.82) is 5.26 Å². The second-order valence-electron chi connectivity index (χ2n) is 4.90. The minimum absolute atomic E-state index is 0.00604. The van der Waals surface area contributed by atoms with Crippen LogP contribution < -0.4 is 9.47 Å². The lowest BCUT2D eigenvalue weighted by Crippen LogP contribution is -2.17. The van der Waals surface area contributed by atoms with E-state index in [1.54, 1.807) is 13.2 Å². The molecule has 0 heterocycles. The highest BCUT2D eigenvalue weighted by molar-refractivity contribution is 5.45.